The van der Waals surface area contributed by atoms with Crippen LogP contribution in [0.15, 0.2) is 30.3 Å². The van der Waals surface area contributed by atoms with Crippen molar-refractivity contribution in [2.24, 2.45) is 0 Å². The van der Waals surface area contributed by atoms with Crippen LogP contribution in [-0.4, -0.2) is 61.9 Å². The van der Waals surface area contributed by atoms with E-state index in [1.807, 2.05) is 44.4 Å². The van der Waals surface area contributed by atoms with Crippen molar-refractivity contribution in [1.29, 1.82) is 0 Å². The number of hydrogen-bond donors (Lipinski definition) is 1. The molecular formula is C18H29N3O2. The normalized spacial score (nSPS) is 10.6. The number of hydrogen-bond acceptors (Lipinski definition) is 3. The predicted octanol–water partition coefficient (Wildman–Crippen LogP) is 1.54. The van der Waals surface area contributed by atoms with E-state index >= 15 is 0 Å². The molecule has 0 spiro atoms. The van der Waals surface area contributed by atoms with Crippen LogP contribution in [0.3, 0.4) is 0 Å². The molecule has 0 aliphatic carbocycles. The van der Waals surface area contributed by atoms with Crippen LogP contribution in [0.2, 0.25) is 0 Å². The highest BCUT2D eigenvalue weighted by Crippen LogP contribution is 2.02. The minimum Gasteiger partial charge on any atom is -0.354 e. The van der Waals surface area contributed by atoms with Crippen LogP contribution >= 0.6 is 0 Å². The van der Waals surface area contributed by atoms with Crippen LogP contribution in [0, 0.1) is 0 Å². The van der Waals surface area contributed by atoms with Gasteiger partial charge in [0, 0.05) is 33.0 Å². The average Bonchev–Trinajstić information content (AvgIpc) is 2.52. The summed E-state index contributed by atoms with van der Waals surface area (Å²) in [7, 11) is 4.04. The molecule has 1 aromatic rings. The summed E-state index contributed by atoms with van der Waals surface area (Å²) < 4.78 is 0. The zero-order valence-corrected chi connectivity index (χ0v) is 14.5. The number of nitrogens with one attached hydrogen (secondary N) is 1. The molecular weight excluding hydrogens is 290 g/mol. The van der Waals surface area contributed by atoms with Crippen LogP contribution in [-0.2, 0) is 16.0 Å². The molecule has 0 bridgehead atoms. The number of rotatable bonds is 10. The molecule has 0 saturated heterocycles. The fourth-order valence-corrected chi connectivity index (χ4v) is 2.33. The van der Waals surface area contributed by atoms with E-state index < -0.39 is 0 Å². The zero-order chi connectivity index (χ0) is 17.1. The molecule has 23 heavy (non-hydrogen) atoms. The molecule has 0 heterocycles. The molecule has 0 atom stereocenters. The first-order valence-electron chi connectivity index (χ1n) is 8.20. The summed E-state index contributed by atoms with van der Waals surface area (Å²) >= 11 is 0. The topological polar surface area (TPSA) is 52.7 Å². The Labute approximate surface area is 139 Å². The Morgan fingerprint density at radius 3 is 2.35 bits per heavy atom. The summed E-state index contributed by atoms with van der Waals surface area (Å²) in [5.74, 6) is 0.0907. The first-order valence-corrected chi connectivity index (χ1v) is 8.20. The fraction of sp³-hybridized carbons (Fsp3) is 0.556. The first kappa shape index (κ1) is 19.2. The molecule has 128 valence electrons. The van der Waals surface area contributed by atoms with Crippen molar-refractivity contribution >= 4 is 11.8 Å². The highest BCUT2D eigenvalue weighted by Gasteiger charge is 2.09. The van der Waals surface area contributed by atoms with Gasteiger partial charge in [0.15, 0.2) is 0 Å². The van der Waals surface area contributed by atoms with Gasteiger partial charge < -0.3 is 15.1 Å². The van der Waals surface area contributed by atoms with Crippen molar-refractivity contribution < 1.29 is 9.59 Å². The van der Waals surface area contributed by atoms with Crippen LogP contribution in [0.5, 0.6) is 0 Å². The summed E-state index contributed by atoms with van der Waals surface area (Å²) in [5, 5.41) is 2.89. The largest absolute Gasteiger partial charge is 0.354 e. The van der Waals surface area contributed by atoms with E-state index in [4.69, 9.17) is 0 Å². The maximum absolute atomic E-state index is 11.8. The maximum atomic E-state index is 11.8. The van der Waals surface area contributed by atoms with E-state index in [0.29, 0.717) is 19.5 Å². The Morgan fingerprint density at radius 1 is 1.04 bits per heavy atom. The lowest BCUT2D eigenvalue weighted by Gasteiger charge is -2.22. The molecule has 2 amide bonds. The lowest BCUT2D eigenvalue weighted by Crippen LogP contribution is -2.38. The molecule has 0 saturated carbocycles. The average molecular weight is 319 g/mol. The third kappa shape index (κ3) is 8.98. The van der Waals surface area contributed by atoms with Crippen molar-refractivity contribution in [3.05, 3.63) is 35.9 Å². The minimum atomic E-state index is 0.0330. The van der Waals surface area contributed by atoms with Crippen LogP contribution in [0.1, 0.15) is 25.3 Å². The van der Waals surface area contributed by atoms with Gasteiger partial charge in [0.1, 0.15) is 0 Å². The third-order valence-corrected chi connectivity index (χ3v) is 3.67. The van der Waals surface area contributed by atoms with Crippen molar-refractivity contribution in [3.63, 3.8) is 0 Å². The van der Waals surface area contributed by atoms with E-state index in [2.05, 4.69) is 10.2 Å². The molecule has 1 N–H and O–H groups in total. The van der Waals surface area contributed by atoms with Gasteiger partial charge in [0.05, 0.1) is 0 Å². The Balaban J connectivity index is 2.21. The van der Waals surface area contributed by atoms with E-state index in [9.17, 15) is 9.59 Å². The second-order valence-corrected chi connectivity index (χ2v) is 6.00. The van der Waals surface area contributed by atoms with Gasteiger partial charge in [0.2, 0.25) is 11.8 Å². The third-order valence-electron chi connectivity index (χ3n) is 3.67. The van der Waals surface area contributed by atoms with Crippen LogP contribution in [0.25, 0.3) is 0 Å². The fourth-order valence-electron chi connectivity index (χ4n) is 2.33. The number of nitrogens with zero attached hydrogens (tertiary/aromatic N) is 2. The van der Waals surface area contributed by atoms with Crippen molar-refractivity contribution in [3.8, 4) is 0 Å². The smallest absolute Gasteiger partial charge is 0.220 e. The maximum Gasteiger partial charge on any atom is 0.220 e. The monoisotopic (exact) mass is 319 g/mol. The quantitative estimate of drug-likeness (QED) is 0.712. The van der Waals surface area contributed by atoms with E-state index in [1.165, 1.54) is 0 Å². The highest BCUT2D eigenvalue weighted by atomic mass is 16.2. The SMILES string of the molecule is CC(=O)N(CCCN(C)C)CCNC(=O)CCc1ccccc1. The summed E-state index contributed by atoms with van der Waals surface area (Å²) in [6.45, 7) is 4.34. The molecule has 1 aromatic carbocycles. The second kappa shape index (κ2) is 10.8. The summed E-state index contributed by atoms with van der Waals surface area (Å²) in [5.41, 5.74) is 1.16. The summed E-state index contributed by atoms with van der Waals surface area (Å²) in [4.78, 5) is 27.3. The van der Waals surface area contributed by atoms with Crippen molar-refractivity contribution in [2.75, 3.05) is 40.3 Å². The Hall–Kier alpha value is -1.88. The van der Waals surface area contributed by atoms with Gasteiger partial charge in [-0.25, -0.2) is 0 Å². The van der Waals surface area contributed by atoms with Gasteiger partial charge in [-0.1, -0.05) is 30.3 Å². The van der Waals surface area contributed by atoms with Crippen LogP contribution in [0.4, 0.5) is 0 Å². The Bertz CT molecular complexity index is 474. The lowest BCUT2D eigenvalue weighted by atomic mass is 10.1. The highest BCUT2D eigenvalue weighted by molar-refractivity contribution is 5.76. The van der Waals surface area contributed by atoms with Gasteiger partial charge in [-0.3, -0.25) is 9.59 Å². The molecule has 0 aliphatic heterocycles. The van der Waals surface area contributed by atoms with E-state index in [1.54, 1.807) is 11.8 Å². The molecule has 5 nitrogen and oxygen atoms in total. The van der Waals surface area contributed by atoms with Gasteiger partial charge in [0.25, 0.3) is 0 Å². The molecule has 0 radical (unpaired) electrons. The zero-order valence-electron chi connectivity index (χ0n) is 14.5. The minimum absolute atomic E-state index is 0.0330. The summed E-state index contributed by atoms with van der Waals surface area (Å²) in [6, 6.07) is 9.97. The first-order chi connectivity index (χ1) is 11.0. The number of carbonyl (C=O) groups is 2. The van der Waals surface area contributed by atoms with Gasteiger partial charge in [-0.15, -0.1) is 0 Å². The molecule has 1 rings (SSSR count). The predicted molar refractivity (Wildman–Crippen MR) is 93.2 cm³/mol. The standard InChI is InChI=1S/C18H29N3O2/c1-16(22)21(14-7-13-20(2)3)15-12-19-18(23)11-10-17-8-5-4-6-9-17/h4-6,8-9H,7,10-15H2,1-3H3,(H,19,23). The van der Waals surface area contributed by atoms with E-state index in [0.717, 1.165) is 31.5 Å². The molecule has 0 unspecified atom stereocenters. The number of amides is 2. The second-order valence-electron chi connectivity index (χ2n) is 6.00. The Kier molecular flexibility index (Phi) is 8.98. The van der Waals surface area contributed by atoms with Gasteiger partial charge in [-0.2, -0.15) is 0 Å². The summed E-state index contributed by atoms with van der Waals surface area (Å²) in [6.07, 6.45) is 2.16. The van der Waals surface area contributed by atoms with Crippen molar-refractivity contribution in [2.45, 2.75) is 26.2 Å². The number of aryl methyl sites for hydroxylation is 1. The molecule has 0 fully saturated rings. The molecule has 0 aromatic heterocycles. The van der Waals surface area contributed by atoms with Crippen molar-refractivity contribution in [1.82, 2.24) is 15.1 Å². The Morgan fingerprint density at radius 2 is 1.74 bits per heavy atom. The van der Waals surface area contributed by atoms with E-state index in [-0.39, 0.29) is 11.8 Å². The molecule has 5 heteroatoms. The molecule has 0 aliphatic rings. The lowest BCUT2D eigenvalue weighted by molar-refractivity contribution is -0.129. The van der Waals surface area contributed by atoms with Crippen LogP contribution < -0.4 is 5.32 Å². The number of benzene rings is 1. The number of carbonyl (C=O) groups excluding carboxylic acids is 2. The van der Waals surface area contributed by atoms with Gasteiger partial charge in [-0.05, 0) is 39.0 Å². The van der Waals surface area contributed by atoms with Gasteiger partial charge >= 0.3 is 0 Å².